The minimum absolute atomic E-state index is 0.0255. The van der Waals surface area contributed by atoms with E-state index in [9.17, 15) is 0 Å². The summed E-state index contributed by atoms with van der Waals surface area (Å²) in [6, 6.07) is 8.03. The van der Waals surface area contributed by atoms with Crippen molar-refractivity contribution >= 4 is 15.9 Å². The molecule has 0 radical (unpaired) electrons. The summed E-state index contributed by atoms with van der Waals surface area (Å²) in [6.45, 7) is 5.82. The van der Waals surface area contributed by atoms with E-state index < -0.39 is 0 Å². The second kappa shape index (κ2) is 4.56. The molecule has 0 aliphatic heterocycles. The first-order valence-electron chi connectivity index (χ1n) is 4.02. The molecule has 3 heteroatoms. The van der Waals surface area contributed by atoms with Gasteiger partial charge in [0.15, 0.2) is 0 Å². The Balaban J connectivity index is 2.98. The Hall–Kier alpha value is -0.640. The van der Waals surface area contributed by atoms with Crippen LogP contribution in [0.4, 0.5) is 0 Å². The van der Waals surface area contributed by atoms with E-state index in [1.807, 2.05) is 31.2 Å². The van der Waals surface area contributed by atoms with Gasteiger partial charge in [-0.1, -0.05) is 40.2 Å². The maximum absolute atomic E-state index is 5.43. The molecule has 0 saturated carbocycles. The van der Waals surface area contributed by atoms with Gasteiger partial charge in [-0.25, -0.2) is 5.43 Å². The van der Waals surface area contributed by atoms with E-state index in [1.165, 1.54) is 0 Å². The zero-order chi connectivity index (χ0) is 9.84. The lowest BCUT2D eigenvalue weighted by molar-refractivity contribution is 0.627. The summed E-state index contributed by atoms with van der Waals surface area (Å²) in [7, 11) is 0. The summed E-state index contributed by atoms with van der Waals surface area (Å²) >= 11 is 3.41. The van der Waals surface area contributed by atoms with Crippen LogP contribution in [0.15, 0.2) is 40.9 Å². The van der Waals surface area contributed by atoms with E-state index in [1.54, 1.807) is 0 Å². The number of rotatable bonds is 3. The van der Waals surface area contributed by atoms with Crippen molar-refractivity contribution in [2.75, 3.05) is 0 Å². The third-order valence-corrected chi connectivity index (χ3v) is 2.33. The van der Waals surface area contributed by atoms with Crippen molar-refractivity contribution in [1.82, 2.24) is 5.43 Å². The van der Waals surface area contributed by atoms with Crippen LogP contribution in [0, 0.1) is 0 Å². The maximum Gasteiger partial charge on any atom is 0.0665 e. The zero-order valence-electron chi connectivity index (χ0n) is 7.55. The van der Waals surface area contributed by atoms with Gasteiger partial charge in [-0.15, -0.1) is 0 Å². The standard InChI is InChI=1S/C10H13BrN2/c1-7(2)10(13-12)8-4-3-5-9(11)6-8/h3-6,10,13H,1,12H2,2H3. The summed E-state index contributed by atoms with van der Waals surface area (Å²) in [4.78, 5) is 0. The second-order valence-electron chi connectivity index (χ2n) is 3.00. The van der Waals surface area contributed by atoms with Crippen LogP contribution in [0.25, 0.3) is 0 Å². The van der Waals surface area contributed by atoms with Gasteiger partial charge in [0.05, 0.1) is 6.04 Å². The highest BCUT2D eigenvalue weighted by atomic mass is 79.9. The monoisotopic (exact) mass is 240 g/mol. The topological polar surface area (TPSA) is 38.0 Å². The van der Waals surface area contributed by atoms with Gasteiger partial charge < -0.3 is 0 Å². The predicted octanol–water partition coefficient (Wildman–Crippen LogP) is 2.53. The molecule has 1 unspecified atom stereocenters. The van der Waals surface area contributed by atoms with Gasteiger partial charge in [-0.2, -0.15) is 0 Å². The van der Waals surface area contributed by atoms with Crippen LogP contribution in [-0.4, -0.2) is 0 Å². The molecule has 0 aromatic heterocycles. The molecule has 1 aromatic carbocycles. The average Bonchev–Trinajstić information content (AvgIpc) is 2.04. The largest absolute Gasteiger partial charge is 0.271 e. The van der Waals surface area contributed by atoms with Gasteiger partial charge in [-0.3, -0.25) is 5.84 Å². The predicted molar refractivity (Wildman–Crippen MR) is 59.0 cm³/mol. The minimum atomic E-state index is 0.0255. The fourth-order valence-corrected chi connectivity index (χ4v) is 1.63. The molecule has 1 aromatic rings. The smallest absolute Gasteiger partial charge is 0.0665 e. The molecule has 13 heavy (non-hydrogen) atoms. The lowest BCUT2D eigenvalue weighted by atomic mass is 10.0. The fraction of sp³-hybridized carbons (Fsp3) is 0.200. The summed E-state index contributed by atoms with van der Waals surface area (Å²) in [5, 5.41) is 0. The van der Waals surface area contributed by atoms with Crippen LogP contribution < -0.4 is 11.3 Å². The van der Waals surface area contributed by atoms with Gasteiger partial charge >= 0.3 is 0 Å². The van der Waals surface area contributed by atoms with E-state index in [0.29, 0.717) is 0 Å². The fourth-order valence-electron chi connectivity index (χ4n) is 1.21. The van der Waals surface area contributed by atoms with Gasteiger partial charge in [-0.05, 0) is 24.6 Å². The number of nitrogens with two attached hydrogens (primary N) is 1. The lowest BCUT2D eigenvalue weighted by Crippen LogP contribution is -2.28. The molecule has 0 amide bonds. The SMILES string of the molecule is C=C(C)C(NN)c1cccc(Br)c1. The van der Waals surface area contributed by atoms with Gasteiger partial charge in [0.2, 0.25) is 0 Å². The maximum atomic E-state index is 5.43. The van der Waals surface area contributed by atoms with E-state index in [2.05, 4.69) is 27.9 Å². The third kappa shape index (κ3) is 2.66. The number of halogens is 1. The highest BCUT2D eigenvalue weighted by Crippen LogP contribution is 2.22. The molecule has 3 N–H and O–H groups in total. The van der Waals surface area contributed by atoms with Crippen LogP contribution in [0.3, 0.4) is 0 Å². The van der Waals surface area contributed by atoms with Crippen molar-refractivity contribution < 1.29 is 0 Å². The summed E-state index contributed by atoms with van der Waals surface area (Å²) < 4.78 is 1.05. The molecule has 0 aliphatic carbocycles. The van der Waals surface area contributed by atoms with Crippen LogP contribution in [0.2, 0.25) is 0 Å². The highest BCUT2D eigenvalue weighted by Gasteiger charge is 2.09. The first-order chi connectivity index (χ1) is 6.15. The number of hydrogen-bond acceptors (Lipinski definition) is 2. The van der Waals surface area contributed by atoms with Crippen molar-refractivity contribution in [2.45, 2.75) is 13.0 Å². The minimum Gasteiger partial charge on any atom is -0.271 e. The molecular formula is C10H13BrN2. The van der Waals surface area contributed by atoms with E-state index in [4.69, 9.17) is 5.84 Å². The number of benzene rings is 1. The van der Waals surface area contributed by atoms with Crippen molar-refractivity contribution in [3.05, 3.63) is 46.5 Å². The first-order valence-corrected chi connectivity index (χ1v) is 4.81. The summed E-state index contributed by atoms with van der Waals surface area (Å²) in [6.07, 6.45) is 0. The Bertz CT molecular complexity index is 310. The van der Waals surface area contributed by atoms with Gasteiger partial charge in [0.1, 0.15) is 0 Å². The van der Waals surface area contributed by atoms with Crippen molar-refractivity contribution in [3.63, 3.8) is 0 Å². The molecule has 0 aliphatic rings. The molecule has 0 saturated heterocycles. The van der Waals surface area contributed by atoms with Crippen LogP contribution in [-0.2, 0) is 0 Å². The van der Waals surface area contributed by atoms with E-state index >= 15 is 0 Å². The Morgan fingerprint density at radius 3 is 2.77 bits per heavy atom. The van der Waals surface area contributed by atoms with E-state index in [0.717, 1.165) is 15.6 Å². The average molecular weight is 241 g/mol. The molecule has 2 nitrogen and oxygen atoms in total. The third-order valence-electron chi connectivity index (χ3n) is 1.84. The van der Waals surface area contributed by atoms with E-state index in [-0.39, 0.29) is 6.04 Å². The Labute approximate surface area is 86.9 Å². The lowest BCUT2D eigenvalue weighted by Gasteiger charge is -2.16. The molecule has 1 rings (SSSR count). The van der Waals surface area contributed by atoms with Crippen molar-refractivity contribution in [2.24, 2.45) is 5.84 Å². The molecule has 0 heterocycles. The molecule has 0 spiro atoms. The van der Waals surface area contributed by atoms with Crippen molar-refractivity contribution in [1.29, 1.82) is 0 Å². The van der Waals surface area contributed by atoms with Gasteiger partial charge in [0, 0.05) is 4.47 Å². The summed E-state index contributed by atoms with van der Waals surface area (Å²) in [5.41, 5.74) is 4.84. The number of nitrogens with one attached hydrogen (secondary N) is 1. The summed E-state index contributed by atoms with van der Waals surface area (Å²) in [5.74, 6) is 5.43. The molecule has 0 bridgehead atoms. The molecule has 1 atom stereocenters. The molecule has 70 valence electrons. The quantitative estimate of drug-likeness (QED) is 0.484. The Morgan fingerprint density at radius 2 is 2.31 bits per heavy atom. The van der Waals surface area contributed by atoms with Crippen LogP contribution in [0.5, 0.6) is 0 Å². The number of hydrazine groups is 1. The van der Waals surface area contributed by atoms with Crippen LogP contribution >= 0.6 is 15.9 Å². The number of hydrogen-bond donors (Lipinski definition) is 2. The Kier molecular flexibility index (Phi) is 3.66. The normalized spacial score (nSPS) is 12.5. The highest BCUT2D eigenvalue weighted by molar-refractivity contribution is 9.10. The first kappa shape index (κ1) is 10.4. The second-order valence-corrected chi connectivity index (χ2v) is 3.92. The zero-order valence-corrected chi connectivity index (χ0v) is 9.14. The van der Waals surface area contributed by atoms with Crippen molar-refractivity contribution in [3.8, 4) is 0 Å². The molecule has 0 fully saturated rings. The molecular weight excluding hydrogens is 228 g/mol. The Morgan fingerprint density at radius 1 is 1.62 bits per heavy atom. The van der Waals surface area contributed by atoms with Gasteiger partial charge in [0.25, 0.3) is 0 Å². The van der Waals surface area contributed by atoms with Crippen LogP contribution in [0.1, 0.15) is 18.5 Å².